The number of hydrogen-bond acceptors (Lipinski definition) is 7. The first-order valence-corrected chi connectivity index (χ1v) is 10.2. The summed E-state index contributed by atoms with van der Waals surface area (Å²) in [6.07, 6.45) is 0. The molecule has 4 aromatic rings. The van der Waals surface area contributed by atoms with Gasteiger partial charge < -0.3 is 14.8 Å². The molecule has 0 saturated heterocycles. The highest BCUT2D eigenvalue weighted by atomic mass is 32.2. The number of anilines is 1. The van der Waals surface area contributed by atoms with E-state index in [0.29, 0.717) is 39.2 Å². The van der Waals surface area contributed by atoms with Crippen molar-refractivity contribution in [3.63, 3.8) is 0 Å². The van der Waals surface area contributed by atoms with E-state index < -0.39 is 0 Å². The van der Waals surface area contributed by atoms with Crippen molar-refractivity contribution in [3.05, 3.63) is 60.4 Å². The Kier molecular flexibility index (Phi) is 5.99. The van der Waals surface area contributed by atoms with Crippen LogP contribution in [0.4, 0.5) is 10.1 Å². The van der Waals surface area contributed by atoms with Crippen molar-refractivity contribution in [1.29, 1.82) is 0 Å². The van der Waals surface area contributed by atoms with Gasteiger partial charge >= 0.3 is 0 Å². The third kappa shape index (κ3) is 4.58. The van der Waals surface area contributed by atoms with E-state index in [-0.39, 0.29) is 17.5 Å². The highest BCUT2D eigenvalue weighted by Crippen LogP contribution is 2.29. The predicted molar refractivity (Wildman–Crippen MR) is 115 cm³/mol. The van der Waals surface area contributed by atoms with Gasteiger partial charge in [-0.25, -0.2) is 4.39 Å². The lowest BCUT2D eigenvalue weighted by molar-refractivity contribution is -0.113. The van der Waals surface area contributed by atoms with Gasteiger partial charge in [0.2, 0.25) is 5.91 Å². The van der Waals surface area contributed by atoms with Crippen LogP contribution in [0.1, 0.15) is 0 Å². The first-order chi connectivity index (χ1) is 15.1. The molecule has 2 heterocycles. The number of carbonyl (C=O) groups is 1. The summed E-state index contributed by atoms with van der Waals surface area (Å²) in [4.78, 5) is 12.5. The quantitative estimate of drug-likeness (QED) is 0.439. The summed E-state index contributed by atoms with van der Waals surface area (Å²) in [5.74, 6) is 1.21. The van der Waals surface area contributed by atoms with Gasteiger partial charge in [-0.05, 0) is 48.5 Å². The molecule has 0 aliphatic carbocycles. The Bertz CT molecular complexity index is 1230. The molecule has 0 unspecified atom stereocenters. The van der Waals surface area contributed by atoms with Crippen LogP contribution in [0, 0.1) is 5.82 Å². The van der Waals surface area contributed by atoms with Crippen molar-refractivity contribution in [1.82, 2.24) is 19.8 Å². The number of nitrogens with zero attached hydrogens (tertiary/aromatic N) is 4. The molecule has 0 radical (unpaired) electrons. The maximum absolute atomic E-state index is 13.2. The number of aromatic nitrogens is 4. The van der Waals surface area contributed by atoms with Gasteiger partial charge in [0, 0.05) is 11.6 Å². The molecule has 0 atom stereocenters. The standard InChI is InChI=1S/C21H18FN5O3S/c1-29-15-7-8-17(30-2)16(11-15)23-19(28)12-31-20-10-9-18-24-25-21(27(18)26-20)13-3-5-14(22)6-4-13/h3-11H,12H2,1-2H3,(H,23,28). The normalized spacial score (nSPS) is 10.8. The fraction of sp³-hybridized carbons (Fsp3) is 0.143. The maximum Gasteiger partial charge on any atom is 0.234 e. The molecule has 0 spiro atoms. The van der Waals surface area contributed by atoms with E-state index in [1.54, 1.807) is 54.1 Å². The number of carbonyl (C=O) groups excluding carboxylic acids is 1. The van der Waals surface area contributed by atoms with Crippen LogP contribution in [-0.2, 0) is 4.79 Å². The Morgan fingerprint density at radius 1 is 1.06 bits per heavy atom. The van der Waals surface area contributed by atoms with E-state index in [0.717, 1.165) is 0 Å². The molecule has 158 valence electrons. The minimum Gasteiger partial charge on any atom is -0.497 e. The smallest absolute Gasteiger partial charge is 0.234 e. The summed E-state index contributed by atoms with van der Waals surface area (Å²) in [5, 5.41) is 16.2. The van der Waals surface area contributed by atoms with Crippen molar-refractivity contribution >= 4 is 29.0 Å². The zero-order valence-corrected chi connectivity index (χ0v) is 17.5. The van der Waals surface area contributed by atoms with E-state index in [1.807, 2.05) is 0 Å². The van der Waals surface area contributed by atoms with Gasteiger partial charge in [0.05, 0.1) is 25.7 Å². The van der Waals surface area contributed by atoms with Crippen LogP contribution in [0.5, 0.6) is 11.5 Å². The number of amides is 1. The lowest BCUT2D eigenvalue weighted by Crippen LogP contribution is -2.15. The summed E-state index contributed by atoms with van der Waals surface area (Å²) in [6.45, 7) is 0. The van der Waals surface area contributed by atoms with Crippen molar-refractivity contribution in [2.75, 3.05) is 25.3 Å². The third-order valence-corrected chi connectivity index (χ3v) is 5.29. The molecular formula is C21H18FN5O3S. The minimum absolute atomic E-state index is 0.132. The molecule has 0 fully saturated rings. The van der Waals surface area contributed by atoms with Crippen molar-refractivity contribution < 1.29 is 18.7 Å². The summed E-state index contributed by atoms with van der Waals surface area (Å²) >= 11 is 1.26. The molecule has 1 amide bonds. The van der Waals surface area contributed by atoms with Crippen LogP contribution in [0.25, 0.3) is 17.0 Å². The Labute approximate surface area is 181 Å². The topological polar surface area (TPSA) is 90.6 Å². The fourth-order valence-corrected chi connectivity index (χ4v) is 3.52. The Morgan fingerprint density at radius 3 is 2.61 bits per heavy atom. The van der Waals surface area contributed by atoms with Crippen molar-refractivity contribution in [2.24, 2.45) is 0 Å². The fourth-order valence-electron chi connectivity index (χ4n) is 2.87. The molecule has 0 saturated carbocycles. The molecule has 0 aliphatic rings. The van der Waals surface area contributed by atoms with Crippen molar-refractivity contribution in [3.8, 4) is 22.9 Å². The van der Waals surface area contributed by atoms with Crippen LogP contribution < -0.4 is 14.8 Å². The molecule has 31 heavy (non-hydrogen) atoms. The number of fused-ring (bicyclic) bond motifs is 1. The van der Waals surface area contributed by atoms with E-state index in [9.17, 15) is 9.18 Å². The Hall–Kier alpha value is -3.66. The van der Waals surface area contributed by atoms with Gasteiger partial charge in [0.1, 0.15) is 22.3 Å². The average molecular weight is 439 g/mol. The molecule has 1 N–H and O–H groups in total. The monoisotopic (exact) mass is 439 g/mol. The molecule has 4 rings (SSSR count). The van der Waals surface area contributed by atoms with Crippen LogP contribution in [0.3, 0.4) is 0 Å². The van der Waals surface area contributed by atoms with Crippen molar-refractivity contribution in [2.45, 2.75) is 5.03 Å². The summed E-state index contributed by atoms with van der Waals surface area (Å²) < 4.78 is 25.3. The van der Waals surface area contributed by atoms with Crippen LogP contribution >= 0.6 is 11.8 Å². The third-order valence-electron chi connectivity index (χ3n) is 4.37. The van der Waals surface area contributed by atoms with E-state index in [2.05, 4.69) is 20.6 Å². The second-order valence-electron chi connectivity index (χ2n) is 6.38. The molecular weight excluding hydrogens is 421 g/mol. The number of nitrogens with one attached hydrogen (secondary N) is 1. The molecule has 0 bridgehead atoms. The summed E-state index contributed by atoms with van der Waals surface area (Å²) in [5.41, 5.74) is 1.76. The zero-order chi connectivity index (χ0) is 21.8. The SMILES string of the molecule is COc1ccc(OC)c(NC(=O)CSc2ccc3nnc(-c4ccc(F)cc4)n3n2)c1. The first-order valence-electron chi connectivity index (χ1n) is 9.20. The number of thioether (sulfide) groups is 1. The number of benzene rings is 2. The van der Waals surface area contributed by atoms with Crippen LogP contribution in [-0.4, -0.2) is 45.7 Å². The number of rotatable bonds is 7. The second kappa shape index (κ2) is 9.00. The molecule has 10 heteroatoms. The maximum atomic E-state index is 13.2. The summed E-state index contributed by atoms with van der Waals surface area (Å²) in [7, 11) is 3.08. The lowest BCUT2D eigenvalue weighted by Gasteiger charge is -2.11. The number of ether oxygens (including phenoxy) is 2. The number of methoxy groups -OCH3 is 2. The van der Waals surface area contributed by atoms with Crippen LogP contribution in [0.2, 0.25) is 0 Å². The first kappa shape index (κ1) is 20.6. The highest BCUT2D eigenvalue weighted by Gasteiger charge is 2.13. The largest absolute Gasteiger partial charge is 0.497 e. The van der Waals surface area contributed by atoms with E-state index in [4.69, 9.17) is 9.47 Å². The average Bonchev–Trinajstić information content (AvgIpc) is 3.21. The second-order valence-corrected chi connectivity index (χ2v) is 7.37. The minimum atomic E-state index is -0.333. The van der Waals surface area contributed by atoms with E-state index in [1.165, 1.54) is 31.0 Å². The number of halogens is 1. The zero-order valence-electron chi connectivity index (χ0n) is 16.7. The molecule has 2 aromatic carbocycles. The molecule has 0 aliphatic heterocycles. The summed E-state index contributed by atoms with van der Waals surface area (Å²) in [6, 6.07) is 14.6. The highest BCUT2D eigenvalue weighted by molar-refractivity contribution is 7.99. The lowest BCUT2D eigenvalue weighted by atomic mass is 10.2. The number of hydrogen-bond donors (Lipinski definition) is 1. The van der Waals surface area contributed by atoms with Crippen LogP contribution in [0.15, 0.2) is 59.6 Å². The molecule has 8 nitrogen and oxygen atoms in total. The van der Waals surface area contributed by atoms with Gasteiger partial charge in [0.25, 0.3) is 0 Å². The predicted octanol–water partition coefficient (Wildman–Crippen LogP) is 3.68. The van der Waals surface area contributed by atoms with Gasteiger partial charge in [0.15, 0.2) is 11.5 Å². The Morgan fingerprint density at radius 2 is 1.87 bits per heavy atom. The van der Waals surface area contributed by atoms with Gasteiger partial charge in [-0.1, -0.05) is 11.8 Å². The van der Waals surface area contributed by atoms with Gasteiger partial charge in [-0.2, -0.15) is 9.61 Å². The molecule has 2 aromatic heterocycles. The Balaban J connectivity index is 1.48. The van der Waals surface area contributed by atoms with Gasteiger partial charge in [-0.3, -0.25) is 4.79 Å². The van der Waals surface area contributed by atoms with Gasteiger partial charge in [-0.15, -0.1) is 10.2 Å². The van der Waals surface area contributed by atoms with E-state index >= 15 is 0 Å².